The van der Waals surface area contributed by atoms with Crippen LogP contribution in [0.3, 0.4) is 0 Å². The molecule has 1 atom stereocenters. The van der Waals surface area contributed by atoms with Gasteiger partial charge in [-0.05, 0) is 40.2 Å². The molecular weight excluding hydrogens is 312 g/mol. The van der Waals surface area contributed by atoms with E-state index in [0.717, 1.165) is 5.56 Å². The highest BCUT2D eigenvalue weighted by molar-refractivity contribution is 5.85. The lowest BCUT2D eigenvalue weighted by atomic mass is 10.0. The fraction of sp³-hybridized carbons (Fsp3) is 0.556. The van der Waals surface area contributed by atoms with Crippen molar-refractivity contribution in [3.05, 3.63) is 35.9 Å². The molecule has 0 aliphatic rings. The van der Waals surface area contributed by atoms with Crippen LogP contribution >= 0.6 is 0 Å². The molecule has 0 aliphatic heterocycles. The van der Waals surface area contributed by atoms with Crippen LogP contribution in [0.4, 0.5) is 0 Å². The lowest BCUT2D eigenvalue weighted by Crippen LogP contribution is -2.44. The first-order valence-corrected chi connectivity index (χ1v) is 7.90. The highest BCUT2D eigenvalue weighted by Crippen LogP contribution is 2.23. The van der Waals surface area contributed by atoms with Crippen molar-refractivity contribution in [2.45, 2.75) is 58.8 Å². The molecular formula is C18H26O6. The number of hydrogen-bond donors (Lipinski definition) is 0. The molecule has 0 fully saturated rings. The fourth-order valence-electron chi connectivity index (χ4n) is 1.72. The summed E-state index contributed by atoms with van der Waals surface area (Å²) in [6, 6.07) is 9.24. The second kappa shape index (κ2) is 8.80. The number of carbonyl (C=O) groups is 2. The number of ether oxygens (including phenoxy) is 2. The Balaban J connectivity index is 2.77. The van der Waals surface area contributed by atoms with Crippen LogP contribution in [-0.2, 0) is 35.4 Å². The second-order valence-electron chi connectivity index (χ2n) is 6.55. The summed E-state index contributed by atoms with van der Waals surface area (Å²) in [5.74, 6) is -1.25. The van der Waals surface area contributed by atoms with Crippen molar-refractivity contribution >= 4 is 11.9 Å². The zero-order valence-electron chi connectivity index (χ0n) is 15.0. The van der Waals surface area contributed by atoms with Crippen molar-refractivity contribution in [1.82, 2.24) is 0 Å². The maximum Gasteiger partial charge on any atom is 0.342 e. The van der Waals surface area contributed by atoms with Crippen molar-refractivity contribution in [2.75, 3.05) is 6.61 Å². The van der Waals surface area contributed by atoms with E-state index in [1.54, 1.807) is 27.7 Å². The molecule has 6 heteroatoms. The average molecular weight is 338 g/mol. The fourth-order valence-corrected chi connectivity index (χ4v) is 1.72. The van der Waals surface area contributed by atoms with Gasteiger partial charge >= 0.3 is 11.9 Å². The minimum Gasteiger partial charge on any atom is -0.466 e. The monoisotopic (exact) mass is 338 g/mol. The molecule has 1 unspecified atom stereocenters. The van der Waals surface area contributed by atoms with Crippen LogP contribution < -0.4 is 0 Å². The molecule has 134 valence electrons. The van der Waals surface area contributed by atoms with Gasteiger partial charge in [0.25, 0.3) is 0 Å². The van der Waals surface area contributed by atoms with E-state index in [2.05, 4.69) is 0 Å². The number of hydrogen-bond acceptors (Lipinski definition) is 6. The van der Waals surface area contributed by atoms with E-state index in [0.29, 0.717) is 0 Å². The van der Waals surface area contributed by atoms with Gasteiger partial charge in [0.2, 0.25) is 5.60 Å². The topological polar surface area (TPSA) is 71.1 Å². The van der Waals surface area contributed by atoms with Gasteiger partial charge in [-0.15, -0.1) is 0 Å². The third-order valence-corrected chi connectivity index (χ3v) is 2.91. The summed E-state index contributed by atoms with van der Waals surface area (Å²) in [6.45, 7) is 8.75. The van der Waals surface area contributed by atoms with E-state index in [9.17, 15) is 9.59 Å². The zero-order valence-corrected chi connectivity index (χ0v) is 15.0. The van der Waals surface area contributed by atoms with Crippen molar-refractivity contribution in [1.29, 1.82) is 0 Å². The second-order valence-corrected chi connectivity index (χ2v) is 6.55. The Kier molecular flexibility index (Phi) is 7.38. The van der Waals surface area contributed by atoms with Crippen LogP contribution in [0.5, 0.6) is 0 Å². The lowest BCUT2D eigenvalue weighted by Gasteiger charge is -2.29. The zero-order chi connectivity index (χ0) is 18.2. The number of rotatable bonds is 8. The van der Waals surface area contributed by atoms with Crippen LogP contribution in [0.15, 0.2) is 30.3 Å². The van der Waals surface area contributed by atoms with Crippen LogP contribution in [0.1, 0.15) is 46.6 Å². The van der Waals surface area contributed by atoms with Crippen LogP contribution in [0.25, 0.3) is 0 Å². The van der Waals surface area contributed by atoms with E-state index in [1.165, 1.54) is 6.92 Å². The van der Waals surface area contributed by atoms with Crippen molar-refractivity contribution in [3.63, 3.8) is 0 Å². The highest BCUT2D eigenvalue weighted by atomic mass is 17.2. The maximum absolute atomic E-state index is 12.5. The van der Waals surface area contributed by atoms with Gasteiger partial charge in [-0.3, -0.25) is 4.79 Å². The van der Waals surface area contributed by atoms with Gasteiger partial charge in [0, 0.05) is 0 Å². The summed E-state index contributed by atoms with van der Waals surface area (Å²) in [4.78, 5) is 34.8. The summed E-state index contributed by atoms with van der Waals surface area (Å²) in [5, 5.41) is 0. The van der Waals surface area contributed by atoms with Crippen molar-refractivity contribution < 1.29 is 28.8 Å². The predicted molar refractivity (Wildman–Crippen MR) is 87.8 cm³/mol. The lowest BCUT2D eigenvalue weighted by molar-refractivity contribution is -0.393. The molecule has 0 spiro atoms. The maximum atomic E-state index is 12.5. The van der Waals surface area contributed by atoms with Gasteiger partial charge in [-0.1, -0.05) is 30.3 Å². The molecule has 1 aromatic rings. The van der Waals surface area contributed by atoms with Gasteiger partial charge in [0.15, 0.2) is 0 Å². The molecule has 0 bridgehead atoms. The first kappa shape index (κ1) is 20.1. The number of esters is 2. The Morgan fingerprint density at radius 2 is 1.58 bits per heavy atom. The largest absolute Gasteiger partial charge is 0.466 e. The molecule has 24 heavy (non-hydrogen) atoms. The molecule has 6 nitrogen and oxygen atoms in total. The molecule has 0 radical (unpaired) electrons. The molecule has 0 heterocycles. The molecule has 0 aromatic heterocycles. The third kappa shape index (κ3) is 7.10. The summed E-state index contributed by atoms with van der Waals surface area (Å²) >= 11 is 0. The molecule has 0 amide bonds. The van der Waals surface area contributed by atoms with Crippen molar-refractivity contribution in [2.24, 2.45) is 0 Å². The van der Waals surface area contributed by atoms with Gasteiger partial charge in [0.05, 0.1) is 18.6 Å². The Labute approximate surface area is 143 Å². The minimum atomic E-state index is -1.59. The van der Waals surface area contributed by atoms with E-state index < -0.39 is 23.1 Å². The predicted octanol–water partition coefficient (Wildman–Crippen LogP) is 3.19. The first-order valence-electron chi connectivity index (χ1n) is 7.90. The van der Waals surface area contributed by atoms with Crippen molar-refractivity contribution in [3.8, 4) is 0 Å². The Morgan fingerprint density at radius 1 is 0.958 bits per heavy atom. The van der Waals surface area contributed by atoms with E-state index in [4.69, 9.17) is 19.2 Å². The van der Waals surface area contributed by atoms with Gasteiger partial charge in [-0.25, -0.2) is 14.6 Å². The van der Waals surface area contributed by atoms with E-state index in [1.807, 2.05) is 30.3 Å². The SMILES string of the molecule is CCOC(=O)CC(C)(OOC(C)(C)C)C(=O)OCc1ccccc1. The average Bonchev–Trinajstić information content (AvgIpc) is 2.51. The van der Waals surface area contributed by atoms with Gasteiger partial charge in [-0.2, -0.15) is 0 Å². The summed E-state index contributed by atoms with van der Waals surface area (Å²) in [5.41, 5.74) is -1.40. The molecule has 1 aromatic carbocycles. The number of benzene rings is 1. The molecule has 0 N–H and O–H groups in total. The minimum absolute atomic E-state index is 0.0803. The molecule has 0 saturated carbocycles. The Hall–Kier alpha value is -1.92. The quantitative estimate of drug-likeness (QED) is 0.412. The van der Waals surface area contributed by atoms with Gasteiger partial charge in [0.1, 0.15) is 6.61 Å². The Morgan fingerprint density at radius 3 is 2.12 bits per heavy atom. The number of carbonyl (C=O) groups excluding carboxylic acids is 2. The molecule has 0 saturated heterocycles. The van der Waals surface area contributed by atoms with E-state index >= 15 is 0 Å². The van der Waals surface area contributed by atoms with Gasteiger partial charge < -0.3 is 9.47 Å². The summed E-state index contributed by atoms with van der Waals surface area (Å²) in [7, 11) is 0. The molecule has 1 rings (SSSR count). The van der Waals surface area contributed by atoms with Crippen LogP contribution in [-0.4, -0.2) is 29.7 Å². The third-order valence-electron chi connectivity index (χ3n) is 2.91. The first-order chi connectivity index (χ1) is 11.2. The smallest absolute Gasteiger partial charge is 0.342 e. The van der Waals surface area contributed by atoms with Crippen LogP contribution in [0.2, 0.25) is 0 Å². The van der Waals surface area contributed by atoms with Crippen LogP contribution in [0, 0.1) is 0 Å². The summed E-state index contributed by atoms with van der Waals surface area (Å²) < 4.78 is 10.2. The standard InChI is InChI=1S/C18H26O6/c1-6-21-15(19)12-18(5,24-23-17(2,3)4)16(20)22-13-14-10-8-7-9-11-14/h7-11H,6,12-13H2,1-5H3. The van der Waals surface area contributed by atoms with E-state index in [-0.39, 0.29) is 19.6 Å². The Bertz CT molecular complexity index is 534. The summed E-state index contributed by atoms with van der Waals surface area (Å²) in [6.07, 6.45) is -0.301. The normalized spacial score (nSPS) is 13.9. The molecule has 0 aliphatic carbocycles. The highest BCUT2D eigenvalue weighted by Gasteiger charge is 2.42.